The summed E-state index contributed by atoms with van der Waals surface area (Å²) in [6.45, 7) is 6.00. The molecule has 2 fully saturated rings. The molecular formula is C13H24ClN. The van der Waals surface area contributed by atoms with E-state index in [1.54, 1.807) is 0 Å². The van der Waals surface area contributed by atoms with Gasteiger partial charge in [-0.25, -0.2) is 0 Å². The number of nitrogens with zero attached hydrogens (tertiary/aromatic N) is 1. The molecule has 2 rings (SSSR count). The quantitative estimate of drug-likeness (QED) is 0.666. The van der Waals surface area contributed by atoms with E-state index in [0.29, 0.717) is 5.38 Å². The fourth-order valence-electron chi connectivity index (χ4n) is 3.45. The Morgan fingerprint density at radius 2 is 1.87 bits per heavy atom. The van der Waals surface area contributed by atoms with Gasteiger partial charge in [0.25, 0.3) is 0 Å². The summed E-state index contributed by atoms with van der Waals surface area (Å²) in [5.41, 5.74) is 0. The van der Waals surface area contributed by atoms with E-state index < -0.39 is 0 Å². The van der Waals surface area contributed by atoms with Crippen molar-refractivity contribution in [2.75, 3.05) is 6.54 Å². The molecule has 15 heavy (non-hydrogen) atoms. The highest BCUT2D eigenvalue weighted by molar-refractivity contribution is 6.20. The van der Waals surface area contributed by atoms with Gasteiger partial charge in [0, 0.05) is 24.0 Å². The van der Waals surface area contributed by atoms with Gasteiger partial charge in [0.05, 0.1) is 0 Å². The summed E-state index contributed by atoms with van der Waals surface area (Å²) >= 11 is 6.28. The van der Waals surface area contributed by atoms with Gasteiger partial charge in [0.15, 0.2) is 0 Å². The normalized spacial score (nSPS) is 38.2. The van der Waals surface area contributed by atoms with E-state index in [0.717, 1.165) is 18.0 Å². The maximum Gasteiger partial charge on any atom is 0.0365 e. The molecule has 2 saturated heterocycles. The topological polar surface area (TPSA) is 3.24 Å². The van der Waals surface area contributed by atoms with Crippen LogP contribution in [0, 0.1) is 5.92 Å². The van der Waals surface area contributed by atoms with Gasteiger partial charge in [-0.05, 0) is 38.0 Å². The molecular weight excluding hydrogens is 206 g/mol. The van der Waals surface area contributed by atoms with Gasteiger partial charge in [-0.15, -0.1) is 11.6 Å². The van der Waals surface area contributed by atoms with Crippen molar-refractivity contribution in [3.63, 3.8) is 0 Å². The predicted molar refractivity (Wildman–Crippen MR) is 66.5 cm³/mol. The first-order valence-electron chi connectivity index (χ1n) is 6.60. The fraction of sp³-hybridized carbons (Fsp3) is 1.00. The number of hydrogen-bond donors (Lipinski definition) is 0. The summed E-state index contributed by atoms with van der Waals surface area (Å²) in [5, 5.41) is 0.459. The van der Waals surface area contributed by atoms with Crippen molar-refractivity contribution in [2.24, 2.45) is 5.92 Å². The van der Waals surface area contributed by atoms with Crippen LogP contribution >= 0.6 is 11.6 Å². The number of alkyl halides is 1. The van der Waals surface area contributed by atoms with Gasteiger partial charge in [0.2, 0.25) is 0 Å². The summed E-state index contributed by atoms with van der Waals surface area (Å²) < 4.78 is 0. The van der Waals surface area contributed by atoms with Crippen molar-refractivity contribution in [1.82, 2.24) is 4.90 Å². The molecule has 0 radical (unpaired) electrons. The fourth-order valence-corrected chi connectivity index (χ4v) is 3.86. The summed E-state index contributed by atoms with van der Waals surface area (Å²) in [6.07, 6.45) is 7.95. The lowest BCUT2D eigenvalue weighted by Crippen LogP contribution is -2.45. The van der Waals surface area contributed by atoms with Crippen LogP contribution in [0.3, 0.4) is 0 Å². The first-order chi connectivity index (χ1) is 7.20. The summed E-state index contributed by atoms with van der Waals surface area (Å²) in [7, 11) is 0. The van der Waals surface area contributed by atoms with Crippen molar-refractivity contribution >= 4 is 11.6 Å². The SMILES string of the molecule is CCCC(C)CN1C2CCC1CC(Cl)C2. The van der Waals surface area contributed by atoms with E-state index in [1.165, 1.54) is 45.1 Å². The van der Waals surface area contributed by atoms with Crippen molar-refractivity contribution < 1.29 is 0 Å². The summed E-state index contributed by atoms with van der Waals surface area (Å²) in [5.74, 6) is 0.866. The lowest BCUT2D eigenvalue weighted by molar-refractivity contribution is 0.121. The molecule has 0 N–H and O–H groups in total. The molecule has 3 unspecified atom stereocenters. The lowest BCUT2D eigenvalue weighted by atomic mass is 9.98. The number of piperidine rings is 1. The predicted octanol–water partition coefficient (Wildman–Crippen LogP) is 3.66. The molecule has 0 spiro atoms. The average Bonchev–Trinajstić information content (AvgIpc) is 2.44. The zero-order valence-electron chi connectivity index (χ0n) is 10.1. The van der Waals surface area contributed by atoms with Crippen LogP contribution in [0.25, 0.3) is 0 Å². The van der Waals surface area contributed by atoms with Crippen LogP contribution in [0.2, 0.25) is 0 Å². The first kappa shape index (κ1) is 11.7. The van der Waals surface area contributed by atoms with Crippen molar-refractivity contribution in [2.45, 2.75) is 69.8 Å². The molecule has 0 amide bonds. The molecule has 0 aliphatic carbocycles. The minimum atomic E-state index is 0.459. The maximum absolute atomic E-state index is 6.28. The molecule has 0 saturated carbocycles. The zero-order chi connectivity index (χ0) is 10.8. The smallest absolute Gasteiger partial charge is 0.0365 e. The Kier molecular flexibility index (Phi) is 3.95. The second-order valence-corrected chi connectivity index (χ2v) is 6.16. The van der Waals surface area contributed by atoms with Gasteiger partial charge in [-0.1, -0.05) is 20.3 Å². The van der Waals surface area contributed by atoms with Crippen LogP contribution in [-0.4, -0.2) is 28.9 Å². The highest BCUT2D eigenvalue weighted by Gasteiger charge is 2.40. The molecule has 2 heterocycles. The Morgan fingerprint density at radius 3 is 2.40 bits per heavy atom. The van der Waals surface area contributed by atoms with E-state index in [9.17, 15) is 0 Å². The second kappa shape index (κ2) is 5.05. The number of fused-ring (bicyclic) bond motifs is 2. The van der Waals surface area contributed by atoms with Crippen molar-refractivity contribution in [3.8, 4) is 0 Å². The monoisotopic (exact) mass is 229 g/mol. The molecule has 3 atom stereocenters. The van der Waals surface area contributed by atoms with E-state index in [1.807, 2.05) is 0 Å². The summed E-state index contributed by atoms with van der Waals surface area (Å²) in [4.78, 5) is 2.76. The molecule has 1 nitrogen and oxygen atoms in total. The van der Waals surface area contributed by atoms with Crippen molar-refractivity contribution in [1.29, 1.82) is 0 Å². The van der Waals surface area contributed by atoms with Crippen LogP contribution in [0.1, 0.15) is 52.4 Å². The van der Waals surface area contributed by atoms with Gasteiger partial charge in [0.1, 0.15) is 0 Å². The van der Waals surface area contributed by atoms with Gasteiger partial charge < -0.3 is 0 Å². The first-order valence-corrected chi connectivity index (χ1v) is 7.04. The molecule has 2 aliphatic heterocycles. The number of hydrogen-bond acceptors (Lipinski definition) is 1. The highest BCUT2D eigenvalue weighted by Crippen LogP contribution is 2.38. The Hall–Kier alpha value is 0.250. The second-order valence-electron chi connectivity index (χ2n) is 5.54. The molecule has 0 aromatic carbocycles. The Labute approximate surface area is 99.2 Å². The average molecular weight is 230 g/mol. The third-order valence-corrected chi connectivity index (χ3v) is 4.49. The van der Waals surface area contributed by atoms with Crippen LogP contribution in [-0.2, 0) is 0 Å². The Bertz CT molecular complexity index is 193. The Balaban J connectivity index is 1.88. The lowest BCUT2D eigenvalue weighted by Gasteiger charge is -2.38. The molecule has 2 bridgehead atoms. The standard InChI is InChI=1S/C13H24ClN/c1-3-4-10(2)9-15-12-5-6-13(15)8-11(14)7-12/h10-13H,3-9H2,1-2H3. The van der Waals surface area contributed by atoms with E-state index in [2.05, 4.69) is 18.7 Å². The Morgan fingerprint density at radius 1 is 1.27 bits per heavy atom. The summed E-state index contributed by atoms with van der Waals surface area (Å²) in [6, 6.07) is 1.62. The number of rotatable bonds is 4. The molecule has 0 aromatic rings. The van der Waals surface area contributed by atoms with E-state index in [4.69, 9.17) is 11.6 Å². The minimum Gasteiger partial charge on any atom is -0.297 e. The molecule has 88 valence electrons. The van der Waals surface area contributed by atoms with E-state index in [-0.39, 0.29) is 0 Å². The molecule has 2 heteroatoms. The molecule has 0 aromatic heterocycles. The van der Waals surface area contributed by atoms with E-state index >= 15 is 0 Å². The molecule has 2 aliphatic rings. The van der Waals surface area contributed by atoms with Crippen LogP contribution < -0.4 is 0 Å². The third kappa shape index (κ3) is 2.68. The minimum absolute atomic E-state index is 0.459. The van der Waals surface area contributed by atoms with Gasteiger partial charge in [-0.3, -0.25) is 4.90 Å². The highest BCUT2D eigenvalue weighted by atomic mass is 35.5. The van der Waals surface area contributed by atoms with Gasteiger partial charge in [-0.2, -0.15) is 0 Å². The van der Waals surface area contributed by atoms with Crippen LogP contribution in [0.15, 0.2) is 0 Å². The number of halogens is 1. The van der Waals surface area contributed by atoms with Crippen LogP contribution in [0.5, 0.6) is 0 Å². The maximum atomic E-state index is 6.28. The largest absolute Gasteiger partial charge is 0.297 e. The van der Waals surface area contributed by atoms with Crippen LogP contribution in [0.4, 0.5) is 0 Å². The zero-order valence-corrected chi connectivity index (χ0v) is 10.8. The van der Waals surface area contributed by atoms with Gasteiger partial charge >= 0.3 is 0 Å². The third-order valence-electron chi connectivity index (χ3n) is 4.13. The van der Waals surface area contributed by atoms with Crippen molar-refractivity contribution in [3.05, 3.63) is 0 Å².